The Hall–Kier alpha value is -1.73. The number of aliphatic carboxylic acids is 1. The van der Waals surface area contributed by atoms with Crippen LogP contribution in [0.25, 0.3) is 0 Å². The molecule has 0 radical (unpaired) electrons. The zero-order valence-corrected chi connectivity index (χ0v) is 8.72. The van der Waals surface area contributed by atoms with Gasteiger partial charge in [-0.15, -0.1) is 0 Å². The first kappa shape index (κ1) is 13.3. The minimum absolute atomic E-state index is 0.386. The van der Waals surface area contributed by atoms with Crippen molar-refractivity contribution < 1.29 is 33.6 Å². The van der Waals surface area contributed by atoms with Crippen LogP contribution in [0.4, 0.5) is 8.78 Å². The lowest BCUT2D eigenvalue weighted by Gasteiger charge is -2.16. The van der Waals surface area contributed by atoms with Crippen LogP contribution in [0.15, 0.2) is 12.1 Å². The van der Waals surface area contributed by atoms with Crippen molar-refractivity contribution in [1.29, 1.82) is 0 Å². The molecule has 0 aromatic heterocycles. The summed E-state index contributed by atoms with van der Waals surface area (Å²) in [6.07, 6.45) is -4.30. The Bertz CT molecular complexity index is 435. The molecule has 0 saturated heterocycles. The van der Waals surface area contributed by atoms with Gasteiger partial charge in [-0.25, -0.2) is 9.18 Å². The van der Waals surface area contributed by atoms with Crippen LogP contribution in [0.3, 0.4) is 0 Å². The Morgan fingerprint density at radius 1 is 1.29 bits per heavy atom. The van der Waals surface area contributed by atoms with E-state index in [4.69, 9.17) is 10.2 Å². The maximum atomic E-state index is 13.4. The van der Waals surface area contributed by atoms with Crippen LogP contribution in [0.5, 0.6) is 5.75 Å². The van der Waals surface area contributed by atoms with E-state index in [1.165, 1.54) is 0 Å². The van der Waals surface area contributed by atoms with Crippen molar-refractivity contribution >= 4 is 5.97 Å². The van der Waals surface area contributed by atoms with E-state index in [1.807, 2.05) is 0 Å². The zero-order chi connectivity index (χ0) is 13.2. The van der Waals surface area contributed by atoms with Crippen molar-refractivity contribution in [2.75, 3.05) is 7.11 Å². The number of carboxylic acid groups (broad SMARTS) is 1. The molecule has 17 heavy (non-hydrogen) atoms. The van der Waals surface area contributed by atoms with Crippen LogP contribution in [0.2, 0.25) is 0 Å². The van der Waals surface area contributed by atoms with Crippen LogP contribution in [-0.4, -0.2) is 34.5 Å². The summed E-state index contributed by atoms with van der Waals surface area (Å²) < 4.78 is 31.1. The van der Waals surface area contributed by atoms with Gasteiger partial charge in [0.05, 0.1) is 7.11 Å². The Kier molecular flexibility index (Phi) is 3.97. The summed E-state index contributed by atoms with van der Waals surface area (Å²) >= 11 is 0. The minimum atomic E-state index is -2.24. The molecule has 0 aliphatic rings. The number of aliphatic hydroxyl groups excluding tert-OH is 2. The van der Waals surface area contributed by atoms with Gasteiger partial charge in [-0.05, 0) is 12.1 Å². The monoisotopic (exact) mass is 248 g/mol. The van der Waals surface area contributed by atoms with E-state index in [0.29, 0.717) is 0 Å². The van der Waals surface area contributed by atoms with E-state index in [1.54, 1.807) is 0 Å². The molecule has 0 fully saturated rings. The number of aliphatic hydroxyl groups is 2. The van der Waals surface area contributed by atoms with Crippen molar-refractivity contribution in [2.45, 2.75) is 12.2 Å². The molecule has 1 aromatic rings. The highest BCUT2D eigenvalue weighted by atomic mass is 19.2. The fourth-order valence-corrected chi connectivity index (χ4v) is 1.24. The molecule has 7 heteroatoms. The molecular weight excluding hydrogens is 238 g/mol. The van der Waals surface area contributed by atoms with Gasteiger partial charge in [0.2, 0.25) is 5.82 Å². The first-order valence-electron chi connectivity index (χ1n) is 4.51. The molecule has 5 nitrogen and oxygen atoms in total. The molecular formula is C10H10F2O5. The van der Waals surface area contributed by atoms with E-state index in [0.717, 1.165) is 19.2 Å². The number of hydrogen-bond donors (Lipinski definition) is 3. The lowest BCUT2D eigenvalue weighted by molar-refractivity contribution is -0.153. The summed E-state index contributed by atoms with van der Waals surface area (Å²) in [5.41, 5.74) is -0.654. The molecule has 0 aliphatic carbocycles. The van der Waals surface area contributed by atoms with E-state index in [-0.39, 0.29) is 5.75 Å². The van der Waals surface area contributed by atoms with Crippen molar-refractivity contribution in [3.63, 3.8) is 0 Å². The molecule has 0 saturated carbocycles. The molecule has 0 spiro atoms. The van der Waals surface area contributed by atoms with Crippen molar-refractivity contribution in [3.8, 4) is 5.75 Å². The van der Waals surface area contributed by atoms with E-state index >= 15 is 0 Å². The van der Waals surface area contributed by atoms with Crippen LogP contribution >= 0.6 is 0 Å². The average Bonchev–Trinajstić information content (AvgIpc) is 2.30. The van der Waals surface area contributed by atoms with Crippen LogP contribution < -0.4 is 4.74 Å². The minimum Gasteiger partial charge on any atom is -0.494 e. The Morgan fingerprint density at radius 3 is 2.35 bits per heavy atom. The van der Waals surface area contributed by atoms with Gasteiger partial charge in [0.15, 0.2) is 17.7 Å². The normalized spacial score (nSPS) is 14.2. The Balaban J connectivity index is 3.16. The fourth-order valence-electron chi connectivity index (χ4n) is 1.24. The SMILES string of the molecule is COc1ccc(C(O)C(O)C(=O)O)c(F)c1F. The molecule has 0 bridgehead atoms. The third-order valence-electron chi connectivity index (χ3n) is 2.17. The number of ether oxygens (including phenoxy) is 1. The van der Waals surface area contributed by atoms with Gasteiger partial charge in [-0.3, -0.25) is 0 Å². The van der Waals surface area contributed by atoms with Crippen molar-refractivity contribution in [2.24, 2.45) is 0 Å². The topological polar surface area (TPSA) is 87.0 Å². The van der Waals surface area contributed by atoms with Gasteiger partial charge in [-0.1, -0.05) is 0 Å². The summed E-state index contributed by atoms with van der Waals surface area (Å²) in [6.45, 7) is 0. The predicted octanol–water partition coefficient (Wildman–Crippen LogP) is 0.452. The number of benzene rings is 1. The predicted molar refractivity (Wildman–Crippen MR) is 51.5 cm³/mol. The van der Waals surface area contributed by atoms with Gasteiger partial charge in [0.1, 0.15) is 6.10 Å². The summed E-state index contributed by atoms with van der Waals surface area (Å²) in [5, 5.41) is 26.8. The first-order valence-corrected chi connectivity index (χ1v) is 4.51. The Morgan fingerprint density at radius 2 is 1.88 bits per heavy atom. The quantitative estimate of drug-likeness (QED) is 0.720. The molecule has 94 valence electrons. The summed E-state index contributed by atoms with van der Waals surface area (Å²) in [4.78, 5) is 10.4. The number of carbonyl (C=O) groups is 1. The largest absolute Gasteiger partial charge is 0.494 e. The molecule has 0 amide bonds. The van der Waals surface area contributed by atoms with Crippen LogP contribution in [0.1, 0.15) is 11.7 Å². The van der Waals surface area contributed by atoms with Crippen LogP contribution in [0, 0.1) is 11.6 Å². The second kappa shape index (κ2) is 5.07. The smallest absolute Gasteiger partial charge is 0.335 e. The molecule has 3 N–H and O–H groups in total. The van der Waals surface area contributed by atoms with Gasteiger partial charge < -0.3 is 20.1 Å². The number of hydrogen-bond acceptors (Lipinski definition) is 4. The van der Waals surface area contributed by atoms with Crippen molar-refractivity contribution in [3.05, 3.63) is 29.3 Å². The molecule has 1 aromatic carbocycles. The maximum absolute atomic E-state index is 13.4. The highest BCUT2D eigenvalue weighted by Crippen LogP contribution is 2.27. The molecule has 2 unspecified atom stereocenters. The van der Waals surface area contributed by atoms with Gasteiger partial charge in [0, 0.05) is 5.56 Å². The zero-order valence-electron chi connectivity index (χ0n) is 8.72. The standard InChI is InChI=1S/C10H10F2O5/c1-17-5-3-2-4(6(11)7(5)12)8(13)9(14)10(15)16/h2-3,8-9,13-14H,1H3,(H,15,16). The molecule has 0 heterocycles. The maximum Gasteiger partial charge on any atom is 0.335 e. The second-order valence-electron chi connectivity index (χ2n) is 3.21. The first-order chi connectivity index (χ1) is 7.90. The Labute approximate surface area is 94.9 Å². The van der Waals surface area contributed by atoms with E-state index < -0.39 is 35.4 Å². The number of halogens is 2. The number of carboxylic acids is 1. The number of rotatable bonds is 4. The molecule has 1 rings (SSSR count). The summed E-state index contributed by atoms with van der Waals surface area (Å²) in [5.74, 6) is -4.95. The average molecular weight is 248 g/mol. The van der Waals surface area contributed by atoms with Gasteiger partial charge in [-0.2, -0.15) is 4.39 Å². The lowest BCUT2D eigenvalue weighted by Crippen LogP contribution is -2.28. The summed E-state index contributed by atoms with van der Waals surface area (Å²) in [6, 6.07) is 1.96. The number of methoxy groups -OCH3 is 1. The highest BCUT2D eigenvalue weighted by molar-refractivity contribution is 5.73. The molecule has 2 atom stereocenters. The lowest BCUT2D eigenvalue weighted by atomic mass is 10.0. The second-order valence-corrected chi connectivity index (χ2v) is 3.21. The van der Waals surface area contributed by atoms with E-state index in [9.17, 15) is 18.7 Å². The molecule has 0 aliphatic heterocycles. The summed E-state index contributed by atoms with van der Waals surface area (Å²) in [7, 11) is 1.13. The van der Waals surface area contributed by atoms with Gasteiger partial charge >= 0.3 is 5.97 Å². The van der Waals surface area contributed by atoms with E-state index in [2.05, 4.69) is 4.74 Å². The third kappa shape index (κ3) is 2.51. The van der Waals surface area contributed by atoms with Gasteiger partial charge in [0.25, 0.3) is 0 Å². The fraction of sp³-hybridized carbons (Fsp3) is 0.300. The van der Waals surface area contributed by atoms with Crippen molar-refractivity contribution in [1.82, 2.24) is 0 Å². The van der Waals surface area contributed by atoms with Crippen LogP contribution in [-0.2, 0) is 4.79 Å². The third-order valence-corrected chi connectivity index (χ3v) is 2.17. The highest BCUT2D eigenvalue weighted by Gasteiger charge is 2.29.